The molecule has 1 unspecified atom stereocenters. The molecule has 5 heteroatoms. The van der Waals surface area contributed by atoms with Crippen molar-refractivity contribution in [2.75, 3.05) is 33.9 Å². The third-order valence-electron chi connectivity index (χ3n) is 4.15. The number of likely N-dealkylation sites (tertiary alicyclic amines) is 1. The van der Waals surface area contributed by atoms with Crippen molar-refractivity contribution in [1.82, 2.24) is 10.2 Å². The quantitative estimate of drug-likeness (QED) is 0.821. The molecule has 122 valence electrons. The Morgan fingerprint density at radius 1 is 1.41 bits per heavy atom. The Balaban J connectivity index is 1.96. The predicted molar refractivity (Wildman–Crippen MR) is 86.4 cm³/mol. The third kappa shape index (κ3) is 4.13. The van der Waals surface area contributed by atoms with Gasteiger partial charge in [-0.15, -0.1) is 0 Å². The van der Waals surface area contributed by atoms with Crippen LogP contribution in [0.4, 0.5) is 4.79 Å². The molecule has 1 fully saturated rings. The molecule has 0 bridgehead atoms. The molecule has 1 aliphatic rings. The van der Waals surface area contributed by atoms with Crippen LogP contribution in [0.15, 0.2) is 18.2 Å². The first-order chi connectivity index (χ1) is 10.7. The van der Waals surface area contributed by atoms with E-state index in [1.54, 1.807) is 14.2 Å². The van der Waals surface area contributed by atoms with Crippen molar-refractivity contribution in [2.24, 2.45) is 0 Å². The first-order valence-corrected chi connectivity index (χ1v) is 7.82. The number of nitrogens with zero attached hydrogens (tertiary/aromatic N) is 1. The van der Waals surface area contributed by atoms with Crippen LogP contribution in [-0.4, -0.2) is 50.9 Å². The second-order valence-electron chi connectivity index (χ2n) is 5.72. The van der Waals surface area contributed by atoms with Gasteiger partial charge in [0, 0.05) is 26.2 Å². The van der Waals surface area contributed by atoms with Gasteiger partial charge in [-0.05, 0) is 43.4 Å². The molecule has 1 aromatic carbocycles. The second-order valence-corrected chi connectivity index (χ2v) is 5.72. The topological polar surface area (TPSA) is 50.8 Å². The van der Waals surface area contributed by atoms with Gasteiger partial charge in [-0.1, -0.05) is 12.1 Å². The number of hydrogen-bond donors (Lipinski definition) is 1. The molecule has 1 atom stereocenters. The van der Waals surface area contributed by atoms with Crippen LogP contribution in [-0.2, 0) is 11.2 Å². The molecular formula is C17H26N2O3. The van der Waals surface area contributed by atoms with Crippen LogP contribution in [0.2, 0.25) is 0 Å². The van der Waals surface area contributed by atoms with Gasteiger partial charge in [0.1, 0.15) is 5.75 Å². The number of aryl methyl sites for hydroxylation is 1. The molecule has 1 aromatic rings. The highest BCUT2D eigenvalue weighted by Crippen LogP contribution is 2.24. The first-order valence-electron chi connectivity index (χ1n) is 7.82. The summed E-state index contributed by atoms with van der Waals surface area (Å²) in [6.45, 7) is 3.98. The first kappa shape index (κ1) is 16.6. The predicted octanol–water partition coefficient (Wildman–Crippen LogP) is 2.37. The van der Waals surface area contributed by atoms with E-state index in [9.17, 15) is 4.79 Å². The molecule has 2 rings (SSSR count). The number of carbonyl (C=O) groups excluding carboxylic acids is 1. The summed E-state index contributed by atoms with van der Waals surface area (Å²) in [5.41, 5.74) is 2.38. The van der Waals surface area contributed by atoms with Crippen LogP contribution in [0, 0.1) is 6.92 Å². The summed E-state index contributed by atoms with van der Waals surface area (Å²) >= 11 is 0. The minimum absolute atomic E-state index is 0.0183. The number of urea groups is 1. The van der Waals surface area contributed by atoms with E-state index >= 15 is 0 Å². The molecule has 0 aromatic heterocycles. The number of ether oxygens (including phenoxy) is 2. The number of carbonyl (C=O) groups is 1. The van der Waals surface area contributed by atoms with E-state index in [1.807, 2.05) is 17.9 Å². The molecule has 0 saturated carbocycles. The Morgan fingerprint density at radius 3 is 2.91 bits per heavy atom. The molecule has 1 N–H and O–H groups in total. The Kier molecular flexibility index (Phi) is 6.07. The lowest BCUT2D eigenvalue weighted by Gasteiger charge is -2.25. The Labute approximate surface area is 132 Å². The van der Waals surface area contributed by atoms with Crippen LogP contribution in [0.5, 0.6) is 5.75 Å². The second kappa shape index (κ2) is 8.03. The van der Waals surface area contributed by atoms with E-state index in [4.69, 9.17) is 9.47 Å². The highest BCUT2D eigenvalue weighted by Gasteiger charge is 2.28. The zero-order valence-electron chi connectivity index (χ0n) is 13.7. The Morgan fingerprint density at radius 2 is 2.23 bits per heavy atom. The van der Waals surface area contributed by atoms with Crippen molar-refractivity contribution in [3.8, 4) is 5.75 Å². The molecule has 5 nitrogen and oxygen atoms in total. The summed E-state index contributed by atoms with van der Waals surface area (Å²) in [6, 6.07) is 6.53. The monoisotopic (exact) mass is 306 g/mol. The summed E-state index contributed by atoms with van der Waals surface area (Å²) < 4.78 is 10.3. The van der Waals surface area contributed by atoms with Crippen LogP contribution in [0.25, 0.3) is 0 Å². The normalized spacial score (nSPS) is 17.6. The third-order valence-corrected chi connectivity index (χ3v) is 4.15. The number of rotatable bonds is 6. The highest BCUT2D eigenvalue weighted by molar-refractivity contribution is 5.74. The average Bonchev–Trinajstić information content (AvgIpc) is 2.96. The maximum absolute atomic E-state index is 12.2. The summed E-state index contributed by atoms with van der Waals surface area (Å²) in [6.07, 6.45) is 3.02. The number of nitrogens with one attached hydrogen (secondary N) is 1. The van der Waals surface area contributed by atoms with Gasteiger partial charge in [-0.3, -0.25) is 0 Å². The fraction of sp³-hybridized carbons (Fsp3) is 0.588. The molecule has 1 saturated heterocycles. The molecule has 0 radical (unpaired) electrons. The van der Waals surface area contributed by atoms with Gasteiger partial charge in [0.15, 0.2) is 0 Å². The van der Waals surface area contributed by atoms with E-state index in [1.165, 1.54) is 5.56 Å². The van der Waals surface area contributed by atoms with E-state index in [0.717, 1.165) is 37.1 Å². The molecular weight excluding hydrogens is 280 g/mol. The number of benzene rings is 1. The van der Waals surface area contributed by atoms with Crippen LogP contribution >= 0.6 is 0 Å². The van der Waals surface area contributed by atoms with Crippen molar-refractivity contribution in [2.45, 2.75) is 32.2 Å². The smallest absolute Gasteiger partial charge is 0.317 e. The van der Waals surface area contributed by atoms with Gasteiger partial charge in [0.25, 0.3) is 0 Å². The zero-order chi connectivity index (χ0) is 15.9. The van der Waals surface area contributed by atoms with Crippen molar-refractivity contribution in [3.05, 3.63) is 29.3 Å². The Hall–Kier alpha value is -1.75. The van der Waals surface area contributed by atoms with Crippen LogP contribution < -0.4 is 10.1 Å². The van der Waals surface area contributed by atoms with Gasteiger partial charge < -0.3 is 19.7 Å². The van der Waals surface area contributed by atoms with Crippen LogP contribution in [0.1, 0.15) is 24.0 Å². The van der Waals surface area contributed by atoms with E-state index in [2.05, 4.69) is 17.4 Å². The summed E-state index contributed by atoms with van der Waals surface area (Å²) in [7, 11) is 3.32. The minimum atomic E-state index is 0.0183. The van der Waals surface area contributed by atoms with Crippen molar-refractivity contribution in [1.29, 1.82) is 0 Å². The molecule has 0 spiro atoms. The molecule has 1 heterocycles. The largest absolute Gasteiger partial charge is 0.496 e. The lowest BCUT2D eigenvalue weighted by molar-refractivity contribution is 0.176. The standard InChI is InChI=1S/C17H26N2O3/c1-13-11-14(6-7-16(13)22-3)12-15-5-4-9-19(15)17(20)18-8-10-21-2/h6-7,11,15H,4-5,8-10,12H2,1-3H3,(H,18,20). The lowest BCUT2D eigenvalue weighted by Crippen LogP contribution is -2.44. The minimum Gasteiger partial charge on any atom is -0.496 e. The van der Waals surface area contributed by atoms with E-state index in [0.29, 0.717) is 13.2 Å². The van der Waals surface area contributed by atoms with Gasteiger partial charge in [-0.25, -0.2) is 4.79 Å². The molecule has 22 heavy (non-hydrogen) atoms. The SMILES string of the molecule is COCCNC(=O)N1CCCC1Cc1ccc(OC)c(C)c1. The molecule has 0 aliphatic carbocycles. The van der Waals surface area contributed by atoms with Gasteiger partial charge in [0.05, 0.1) is 13.7 Å². The van der Waals surface area contributed by atoms with Gasteiger partial charge >= 0.3 is 6.03 Å². The van der Waals surface area contributed by atoms with Gasteiger partial charge in [0.2, 0.25) is 0 Å². The number of hydrogen-bond acceptors (Lipinski definition) is 3. The Bertz CT molecular complexity index is 505. The fourth-order valence-corrected chi connectivity index (χ4v) is 3.02. The van der Waals surface area contributed by atoms with Crippen molar-refractivity contribution >= 4 is 6.03 Å². The van der Waals surface area contributed by atoms with E-state index < -0.39 is 0 Å². The summed E-state index contributed by atoms with van der Waals surface area (Å²) in [4.78, 5) is 14.2. The molecule has 2 amide bonds. The van der Waals surface area contributed by atoms with Gasteiger partial charge in [-0.2, -0.15) is 0 Å². The maximum atomic E-state index is 12.2. The van der Waals surface area contributed by atoms with Crippen molar-refractivity contribution in [3.63, 3.8) is 0 Å². The lowest BCUT2D eigenvalue weighted by atomic mass is 10.0. The zero-order valence-corrected chi connectivity index (χ0v) is 13.7. The van der Waals surface area contributed by atoms with Crippen LogP contribution in [0.3, 0.4) is 0 Å². The van der Waals surface area contributed by atoms with Crippen molar-refractivity contribution < 1.29 is 14.3 Å². The fourth-order valence-electron chi connectivity index (χ4n) is 3.02. The number of methoxy groups -OCH3 is 2. The maximum Gasteiger partial charge on any atom is 0.317 e. The van der Waals surface area contributed by atoms with E-state index in [-0.39, 0.29) is 12.1 Å². The summed E-state index contributed by atoms with van der Waals surface area (Å²) in [5, 5.41) is 2.91. The molecule has 1 aliphatic heterocycles. The summed E-state index contributed by atoms with van der Waals surface area (Å²) in [5.74, 6) is 0.907. The number of amides is 2. The average molecular weight is 306 g/mol. The highest BCUT2D eigenvalue weighted by atomic mass is 16.5.